The van der Waals surface area contributed by atoms with E-state index >= 15 is 0 Å². The normalized spacial score (nSPS) is 9.46. The highest BCUT2D eigenvalue weighted by Gasteiger charge is 2.05. The molecule has 0 amide bonds. The molecule has 0 saturated carbocycles. The van der Waals surface area contributed by atoms with Crippen molar-refractivity contribution < 1.29 is 14.2 Å². The standard InChI is InChI=1S/C10H13O3/c1-7-5-8(11-2)10(13-4)9(6-7)12-3/h5-6H,1H2,2-4H3/q-1. The fourth-order valence-corrected chi connectivity index (χ4v) is 1.14. The minimum Gasteiger partial charge on any atom is -0.506 e. The molecule has 0 fully saturated rings. The van der Waals surface area contributed by atoms with Gasteiger partial charge >= 0.3 is 0 Å². The molecule has 1 rings (SSSR count). The molecule has 0 aliphatic heterocycles. The van der Waals surface area contributed by atoms with Crippen LogP contribution in [0.15, 0.2) is 12.1 Å². The van der Waals surface area contributed by atoms with Crippen molar-refractivity contribution >= 4 is 0 Å². The van der Waals surface area contributed by atoms with Crippen molar-refractivity contribution in [2.24, 2.45) is 0 Å². The molecule has 0 heterocycles. The van der Waals surface area contributed by atoms with Crippen LogP contribution in [-0.2, 0) is 0 Å². The summed E-state index contributed by atoms with van der Waals surface area (Å²) >= 11 is 0. The molecule has 0 spiro atoms. The summed E-state index contributed by atoms with van der Waals surface area (Å²) < 4.78 is 15.4. The molecule has 0 saturated heterocycles. The average molecular weight is 181 g/mol. The zero-order valence-electron chi connectivity index (χ0n) is 8.09. The molecule has 0 bridgehead atoms. The van der Waals surface area contributed by atoms with Crippen LogP contribution in [0.3, 0.4) is 0 Å². The highest BCUT2D eigenvalue weighted by molar-refractivity contribution is 5.54. The van der Waals surface area contributed by atoms with Crippen LogP contribution in [0.2, 0.25) is 0 Å². The van der Waals surface area contributed by atoms with Gasteiger partial charge in [0.25, 0.3) is 0 Å². The van der Waals surface area contributed by atoms with Gasteiger partial charge in [0.2, 0.25) is 0 Å². The van der Waals surface area contributed by atoms with E-state index in [4.69, 9.17) is 14.2 Å². The molecule has 0 unspecified atom stereocenters. The lowest BCUT2D eigenvalue weighted by Gasteiger charge is -2.17. The third-order valence-corrected chi connectivity index (χ3v) is 1.72. The second-order valence-corrected chi connectivity index (χ2v) is 2.53. The van der Waals surface area contributed by atoms with Crippen LogP contribution in [-0.4, -0.2) is 21.3 Å². The Hall–Kier alpha value is -1.51. The molecule has 0 radical (unpaired) electrons. The van der Waals surface area contributed by atoms with Gasteiger partial charge in [-0.1, -0.05) is 0 Å². The topological polar surface area (TPSA) is 27.7 Å². The maximum absolute atomic E-state index is 5.14. The zero-order valence-corrected chi connectivity index (χ0v) is 8.09. The van der Waals surface area contributed by atoms with E-state index in [2.05, 4.69) is 6.92 Å². The summed E-state index contributed by atoms with van der Waals surface area (Å²) in [6.07, 6.45) is 0. The molecule has 0 N–H and O–H groups in total. The van der Waals surface area contributed by atoms with Crippen molar-refractivity contribution in [3.05, 3.63) is 24.6 Å². The molecule has 0 aromatic heterocycles. The maximum Gasteiger partial charge on any atom is 0.177 e. The molecule has 72 valence electrons. The Morgan fingerprint density at radius 1 is 0.923 bits per heavy atom. The van der Waals surface area contributed by atoms with E-state index in [1.807, 2.05) is 0 Å². The van der Waals surface area contributed by atoms with Crippen molar-refractivity contribution in [2.75, 3.05) is 21.3 Å². The van der Waals surface area contributed by atoms with E-state index < -0.39 is 0 Å². The molecule has 1 aromatic rings. The number of benzene rings is 1. The average Bonchev–Trinajstić information content (AvgIpc) is 2.16. The fourth-order valence-electron chi connectivity index (χ4n) is 1.14. The summed E-state index contributed by atoms with van der Waals surface area (Å²) in [5.41, 5.74) is 0.828. The first kappa shape index (κ1) is 9.58. The molecule has 13 heavy (non-hydrogen) atoms. The Labute approximate surface area is 78.2 Å². The Bertz CT molecular complexity index is 269. The second-order valence-electron chi connectivity index (χ2n) is 2.53. The quantitative estimate of drug-likeness (QED) is 0.666. The van der Waals surface area contributed by atoms with Gasteiger partial charge in [-0.3, -0.25) is 0 Å². The lowest BCUT2D eigenvalue weighted by Crippen LogP contribution is -1.95. The summed E-state index contributed by atoms with van der Waals surface area (Å²) in [5.74, 6) is 1.86. The van der Waals surface area contributed by atoms with E-state index in [1.165, 1.54) is 0 Å². The minimum absolute atomic E-state index is 0.595. The third kappa shape index (κ3) is 1.80. The predicted octanol–water partition coefficient (Wildman–Crippen LogP) is 1.89. The number of ether oxygens (including phenoxy) is 3. The van der Waals surface area contributed by atoms with E-state index in [0.717, 1.165) is 5.56 Å². The number of methoxy groups -OCH3 is 3. The van der Waals surface area contributed by atoms with Crippen molar-refractivity contribution in [3.63, 3.8) is 0 Å². The van der Waals surface area contributed by atoms with Crippen LogP contribution in [0.5, 0.6) is 17.2 Å². The lowest BCUT2D eigenvalue weighted by molar-refractivity contribution is 0.324. The van der Waals surface area contributed by atoms with Gasteiger partial charge in [0.05, 0.1) is 21.3 Å². The maximum atomic E-state index is 5.14. The predicted molar refractivity (Wildman–Crippen MR) is 50.6 cm³/mol. The summed E-state index contributed by atoms with van der Waals surface area (Å²) in [4.78, 5) is 0. The molecule has 3 heteroatoms. The summed E-state index contributed by atoms with van der Waals surface area (Å²) in [5, 5.41) is 0. The molecule has 3 nitrogen and oxygen atoms in total. The SMILES string of the molecule is [CH2-]c1cc(OC)c(OC)c(OC)c1. The van der Waals surface area contributed by atoms with Gasteiger partial charge in [-0.2, -0.15) is 12.5 Å². The Morgan fingerprint density at radius 3 is 1.69 bits per heavy atom. The van der Waals surface area contributed by atoms with E-state index in [1.54, 1.807) is 33.5 Å². The zero-order chi connectivity index (χ0) is 9.84. The molecular weight excluding hydrogens is 168 g/mol. The second kappa shape index (κ2) is 3.94. The van der Waals surface area contributed by atoms with Crippen LogP contribution in [0.4, 0.5) is 0 Å². The number of rotatable bonds is 3. The van der Waals surface area contributed by atoms with E-state index in [-0.39, 0.29) is 0 Å². The fraction of sp³-hybridized carbons (Fsp3) is 0.300. The van der Waals surface area contributed by atoms with Gasteiger partial charge in [0, 0.05) is 0 Å². The first-order valence-electron chi connectivity index (χ1n) is 3.85. The minimum atomic E-state index is 0.595. The van der Waals surface area contributed by atoms with Gasteiger partial charge in [0.15, 0.2) is 5.75 Å². The summed E-state index contributed by atoms with van der Waals surface area (Å²) in [6, 6.07) is 3.59. The molecular formula is C10H13O3-. The number of hydrogen-bond acceptors (Lipinski definition) is 3. The monoisotopic (exact) mass is 181 g/mol. The van der Waals surface area contributed by atoms with Crippen LogP contribution in [0.1, 0.15) is 5.56 Å². The van der Waals surface area contributed by atoms with Crippen molar-refractivity contribution in [1.82, 2.24) is 0 Å². The van der Waals surface area contributed by atoms with Crippen molar-refractivity contribution in [1.29, 1.82) is 0 Å². The Kier molecular flexibility index (Phi) is 2.90. The largest absolute Gasteiger partial charge is 0.506 e. The van der Waals surface area contributed by atoms with Crippen LogP contribution >= 0.6 is 0 Å². The van der Waals surface area contributed by atoms with Gasteiger partial charge < -0.3 is 14.2 Å². The van der Waals surface area contributed by atoms with Crippen LogP contribution in [0.25, 0.3) is 0 Å². The molecule has 1 aromatic carbocycles. The van der Waals surface area contributed by atoms with Gasteiger partial charge in [-0.25, -0.2) is 0 Å². The Balaban J connectivity index is 3.25. The van der Waals surface area contributed by atoms with E-state index in [0.29, 0.717) is 17.2 Å². The van der Waals surface area contributed by atoms with Gasteiger partial charge in [-0.05, 0) is 0 Å². The van der Waals surface area contributed by atoms with Crippen LogP contribution in [0, 0.1) is 6.92 Å². The highest BCUT2D eigenvalue weighted by Crippen LogP contribution is 2.37. The first-order chi connectivity index (χ1) is 6.22. The van der Waals surface area contributed by atoms with Gasteiger partial charge in [0.1, 0.15) is 11.5 Å². The third-order valence-electron chi connectivity index (χ3n) is 1.72. The first-order valence-corrected chi connectivity index (χ1v) is 3.85. The lowest BCUT2D eigenvalue weighted by atomic mass is 10.2. The van der Waals surface area contributed by atoms with Crippen molar-refractivity contribution in [3.8, 4) is 17.2 Å². The smallest absolute Gasteiger partial charge is 0.177 e. The molecule has 0 atom stereocenters. The summed E-state index contributed by atoms with van der Waals surface area (Å²) in [7, 11) is 4.73. The highest BCUT2D eigenvalue weighted by atomic mass is 16.5. The summed E-state index contributed by atoms with van der Waals surface area (Å²) in [6.45, 7) is 3.80. The molecule has 0 aliphatic rings. The van der Waals surface area contributed by atoms with E-state index in [9.17, 15) is 0 Å². The Morgan fingerprint density at radius 2 is 1.38 bits per heavy atom. The van der Waals surface area contributed by atoms with Crippen LogP contribution < -0.4 is 14.2 Å². The van der Waals surface area contributed by atoms with Gasteiger partial charge in [-0.15, -0.1) is 12.1 Å². The molecule has 0 aliphatic carbocycles. The number of hydrogen-bond donors (Lipinski definition) is 0. The van der Waals surface area contributed by atoms with Crippen molar-refractivity contribution in [2.45, 2.75) is 0 Å².